The number of hydrogen-bond donors (Lipinski definition) is 2. The highest BCUT2D eigenvalue weighted by molar-refractivity contribution is 5.96. The first-order valence-corrected chi connectivity index (χ1v) is 8.08. The summed E-state index contributed by atoms with van der Waals surface area (Å²) >= 11 is 0. The molecule has 0 saturated carbocycles. The number of anilines is 1. The highest BCUT2D eigenvalue weighted by Crippen LogP contribution is 2.23. The van der Waals surface area contributed by atoms with Gasteiger partial charge in [-0.25, -0.2) is 0 Å². The van der Waals surface area contributed by atoms with Crippen molar-refractivity contribution in [2.45, 2.75) is 13.3 Å². The van der Waals surface area contributed by atoms with E-state index in [9.17, 15) is 9.59 Å². The summed E-state index contributed by atoms with van der Waals surface area (Å²) in [4.78, 5) is 24.1. The summed E-state index contributed by atoms with van der Waals surface area (Å²) in [7, 11) is 1.54. The number of carbonyl (C=O) groups excluding carboxylic acids is 2. The van der Waals surface area contributed by atoms with Gasteiger partial charge >= 0.3 is 0 Å². The lowest BCUT2D eigenvalue weighted by molar-refractivity contribution is -0.116. The van der Waals surface area contributed by atoms with Crippen LogP contribution in [-0.2, 0) is 4.79 Å². The van der Waals surface area contributed by atoms with Crippen molar-refractivity contribution < 1.29 is 19.1 Å². The molecule has 0 atom stereocenters. The molecule has 0 unspecified atom stereocenters. The van der Waals surface area contributed by atoms with Gasteiger partial charge in [0, 0.05) is 18.5 Å². The average molecular weight is 342 g/mol. The molecule has 2 rings (SSSR count). The fourth-order valence-electron chi connectivity index (χ4n) is 2.22. The molecule has 2 aromatic carbocycles. The number of amides is 2. The molecular weight excluding hydrogens is 320 g/mol. The molecule has 0 radical (unpaired) electrons. The summed E-state index contributed by atoms with van der Waals surface area (Å²) in [5.41, 5.74) is 1.11. The Morgan fingerprint density at radius 1 is 1.08 bits per heavy atom. The second-order valence-corrected chi connectivity index (χ2v) is 5.22. The lowest BCUT2D eigenvalue weighted by Gasteiger charge is -2.11. The van der Waals surface area contributed by atoms with E-state index in [2.05, 4.69) is 10.6 Å². The van der Waals surface area contributed by atoms with Gasteiger partial charge in [0.1, 0.15) is 11.5 Å². The molecule has 0 aliphatic heterocycles. The van der Waals surface area contributed by atoms with Crippen LogP contribution in [0, 0.1) is 0 Å². The number of benzene rings is 2. The number of hydrogen-bond acceptors (Lipinski definition) is 4. The maximum Gasteiger partial charge on any atom is 0.251 e. The first kappa shape index (κ1) is 18.3. The third-order valence-electron chi connectivity index (χ3n) is 3.43. The van der Waals surface area contributed by atoms with Gasteiger partial charge in [0.25, 0.3) is 5.91 Å². The van der Waals surface area contributed by atoms with Gasteiger partial charge in [-0.1, -0.05) is 18.2 Å². The highest BCUT2D eigenvalue weighted by Gasteiger charge is 2.09. The zero-order chi connectivity index (χ0) is 18.1. The van der Waals surface area contributed by atoms with Crippen LogP contribution in [0.3, 0.4) is 0 Å². The lowest BCUT2D eigenvalue weighted by atomic mass is 10.2. The van der Waals surface area contributed by atoms with E-state index in [1.165, 1.54) is 0 Å². The maximum absolute atomic E-state index is 12.1. The minimum atomic E-state index is -0.249. The van der Waals surface area contributed by atoms with E-state index in [0.29, 0.717) is 29.4 Å². The van der Waals surface area contributed by atoms with Crippen molar-refractivity contribution in [2.75, 3.05) is 25.6 Å². The van der Waals surface area contributed by atoms with Crippen LogP contribution in [0.5, 0.6) is 11.5 Å². The van der Waals surface area contributed by atoms with Crippen molar-refractivity contribution in [1.82, 2.24) is 5.32 Å². The lowest BCUT2D eigenvalue weighted by Crippen LogP contribution is -2.27. The summed E-state index contributed by atoms with van der Waals surface area (Å²) < 4.78 is 10.6. The molecule has 2 aromatic rings. The molecule has 0 aliphatic carbocycles. The Morgan fingerprint density at radius 2 is 1.88 bits per heavy atom. The molecule has 2 N–H and O–H groups in total. The highest BCUT2D eigenvalue weighted by atomic mass is 16.5. The first-order valence-electron chi connectivity index (χ1n) is 8.08. The van der Waals surface area contributed by atoms with Crippen LogP contribution in [-0.4, -0.2) is 32.1 Å². The quantitative estimate of drug-likeness (QED) is 0.773. The average Bonchev–Trinajstić information content (AvgIpc) is 2.63. The topological polar surface area (TPSA) is 76.7 Å². The molecule has 0 heterocycles. The maximum atomic E-state index is 12.1. The van der Waals surface area contributed by atoms with Crippen molar-refractivity contribution in [3.05, 3.63) is 54.1 Å². The van der Waals surface area contributed by atoms with Gasteiger partial charge in [-0.3, -0.25) is 9.59 Å². The van der Waals surface area contributed by atoms with Crippen LogP contribution in [0.1, 0.15) is 23.7 Å². The van der Waals surface area contributed by atoms with E-state index < -0.39 is 0 Å². The standard InChI is InChI=1S/C19H22N2O4/c1-3-25-17-10-5-4-9-16(17)21-18(22)11-12-20-19(23)14-7-6-8-15(13-14)24-2/h4-10,13H,3,11-12H2,1-2H3,(H,20,23)(H,21,22). The first-order chi connectivity index (χ1) is 12.1. The van der Waals surface area contributed by atoms with E-state index in [-0.39, 0.29) is 24.8 Å². The number of methoxy groups -OCH3 is 1. The molecule has 0 saturated heterocycles. The van der Waals surface area contributed by atoms with Crippen LogP contribution < -0.4 is 20.1 Å². The van der Waals surface area contributed by atoms with Gasteiger partial charge in [0.2, 0.25) is 5.91 Å². The van der Waals surface area contributed by atoms with Gasteiger partial charge in [0.05, 0.1) is 19.4 Å². The van der Waals surface area contributed by atoms with Crippen LogP contribution in [0.25, 0.3) is 0 Å². The van der Waals surface area contributed by atoms with Gasteiger partial charge in [0.15, 0.2) is 0 Å². The summed E-state index contributed by atoms with van der Waals surface area (Å²) in [5, 5.41) is 5.51. The second-order valence-electron chi connectivity index (χ2n) is 5.22. The monoisotopic (exact) mass is 342 g/mol. The van der Waals surface area contributed by atoms with Gasteiger partial charge in [-0.05, 0) is 37.3 Å². The summed E-state index contributed by atoms with van der Waals surface area (Å²) in [5.74, 6) is 0.788. The molecule has 132 valence electrons. The van der Waals surface area contributed by atoms with Crippen LogP contribution in [0.2, 0.25) is 0 Å². The van der Waals surface area contributed by atoms with E-state index in [0.717, 1.165) is 0 Å². The fourth-order valence-corrected chi connectivity index (χ4v) is 2.22. The van der Waals surface area contributed by atoms with Crippen LogP contribution in [0.4, 0.5) is 5.69 Å². The predicted octanol–water partition coefficient (Wildman–Crippen LogP) is 2.85. The Balaban J connectivity index is 1.83. The van der Waals surface area contributed by atoms with E-state index >= 15 is 0 Å². The van der Waals surface area contributed by atoms with Gasteiger partial charge in [-0.15, -0.1) is 0 Å². The zero-order valence-corrected chi connectivity index (χ0v) is 14.4. The van der Waals surface area contributed by atoms with Crippen molar-refractivity contribution in [2.24, 2.45) is 0 Å². The largest absolute Gasteiger partial charge is 0.497 e. The van der Waals surface area contributed by atoms with Crippen molar-refractivity contribution in [1.29, 1.82) is 0 Å². The molecule has 6 nitrogen and oxygen atoms in total. The molecule has 25 heavy (non-hydrogen) atoms. The minimum Gasteiger partial charge on any atom is -0.497 e. The van der Waals surface area contributed by atoms with Crippen molar-refractivity contribution >= 4 is 17.5 Å². The number of para-hydroxylation sites is 2. The molecule has 0 aromatic heterocycles. The van der Waals surface area contributed by atoms with Crippen molar-refractivity contribution in [3.63, 3.8) is 0 Å². The molecule has 0 fully saturated rings. The Morgan fingerprint density at radius 3 is 2.64 bits per heavy atom. The Hall–Kier alpha value is -3.02. The molecule has 0 spiro atoms. The number of nitrogens with one attached hydrogen (secondary N) is 2. The minimum absolute atomic E-state index is 0.163. The number of rotatable bonds is 8. The predicted molar refractivity (Wildman–Crippen MR) is 96.2 cm³/mol. The number of carbonyl (C=O) groups is 2. The summed E-state index contributed by atoms with van der Waals surface area (Å²) in [6, 6.07) is 14.1. The molecule has 0 bridgehead atoms. The van der Waals surface area contributed by atoms with E-state index in [4.69, 9.17) is 9.47 Å². The van der Waals surface area contributed by atoms with E-state index in [1.54, 1.807) is 43.5 Å². The molecule has 2 amide bonds. The molecule has 6 heteroatoms. The van der Waals surface area contributed by atoms with E-state index in [1.807, 2.05) is 19.1 Å². The fraction of sp³-hybridized carbons (Fsp3) is 0.263. The summed E-state index contributed by atoms with van der Waals surface area (Å²) in [6.45, 7) is 2.63. The normalized spacial score (nSPS) is 10.0. The smallest absolute Gasteiger partial charge is 0.251 e. The Labute approximate surface area is 147 Å². The van der Waals surface area contributed by atoms with Crippen molar-refractivity contribution in [3.8, 4) is 11.5 Å². The third kappa shape index (κ3) is 5.53. The molecular formula is C19H22N2O4. The SMILES string of the molecule is CCOc1ccccc1NC(=O)CCNC(=O)c1cccc(OC)c1. The Bertz CT molecular complexity index is 731. The summed E-state index contributed by atoms with van der Waals surface area (Å²) in [6.07, 6.45) is 0.163. The second kappa shape index (κ2) is 9.32. The number of ether oxygens (including phenoxy) is 2. The van der Waals surface area contributed by atoms with Gasteiger partial charge in [-0.2, -0.15) is 0 Å². The zero-order valence-electron chi connectivity index (χ0n) is 14.4. The van der Waals surface area contributed by atoms with Crippen LogP contribution in [0.15, 0.2) is 48.5 Å². The Kier molecular flexibility index (Phi) is 6.83. The molecule has 0 aliphatic rings. The van der Waals surface area contributed by atoms with Gasteiger partial charge < -0.3 is 20.1 Å². The van der Waals surface area contributed by atoms with Crippen LogP contribution >= 0.6 is 0 Å². The third-order valence-corrected chi connectivity index (χ3v) is 3.43.